The number of halogens is 2. The fraction of sp³-hybridized carbons (Fsp3) is 0.214. The van der Waals surface area contributed by atoms with E-state index in [1.54, 1.807) is 16.8 Å². The summed E-state index contributed by atoms with van der Waals surface area (Å²) in [6.07, 6.45) is 1.66. The fourth-order valence-electron chi connectivity index (χ4n) is 4.88. The quantitative estimate of drug-likeness (QED) is 0.352. The zero-order valence-electron chi connectivity index (χ0n) is 19.8. The second-order valence-corrected chi connectivity index (χ2v) is 10.1. The summed E-state index contributed by atoms with van der Waals surface area (Å²) in [5, 5.41) is 18.5. The van der Waals surface area contributed by atoms with Crippen LogP contribution in [-0.4, -0.2) is 45.1 Å². The lowest BCUT2D eigenvalue weighted by Crippen LogP contribution is -2.34. The first kappa shape index (κ1) is 24.0. The molecule has 188 valence electrons. The summed E-state index contributed by atoms with van der Waals surface area (Å²) >= 11 is 3.47. The Morgan fingerprint density at radius 2 is 1.89 bits per heavy atom. The number of ether oxygens (including phenoxy) is 1. The summed E-state index contributed by atoms with van der Waals surface area (Å²) in [7, 11) is 0. The first-order chi connectivity index (χ1) is 17.9. The van der Waals surface area contributed by atoms with Crippen LogP contribution >= 0.6 is 15.9 Å². The van der Waals surface area contributed by atoms with E-state index in [1.165, 1.54) is 12.1 Å². The Balaban J connectivity index is 1.31. The van der Waals surface area contributed by atoms with E-state index < -0.39 is 12.5 Å². The third kappa shape index (κ3) is 4.83. The number of carbonyl (C=O) groups excluding carboxylic acids is 1. The van der Waals surface area contributed by atoms with Crippen molar-refractivity contribution in [2.45, 2.75) is 25.3 Å². The molecule has 3 heterocycles. The van der Waals surface area contributed by atoms with Gasteiger partial charge in [-0.05, 0) is 72.1 Å². The summed E-state index contributed by atoms with van der Waals surface area (Å²) in [5.41, 5.74) is 6.01. The largest absolute Gasteiger partial charge is 0.376 e. The van der Waals surface area contributed by atoms with Crippen LogP contribution in [0.4, 0.5) is 10.1 Å². The highest BCUT2D eigenvalue weighted by atomic mass is 79.9. The Bertz CT molecular complexity index is 1460. The Morgan fingerprint density at radius 1 is 1.11 bits per heavy atom. The number of aromatic nitrogens is 2. The van der Waals surface area contributed by atoms with E-state index in [0.29, 0.717) is 25.1 Å². The molecule has 0 bridgehead atoms. The molecule has 6 rings (SSSR count). The predicted octanol–water partition coefficient (Wildman–Crippen LogP) is 4.83. The lowest BCUT2D eigenvalue weighted by Gasteiger charge is -2.25. The zero-order valence-corrected chi connectivity index (χ0v) is 21.4. The number of aliphatic hydroxyl groups is 1. The minimum atomic E-state index is -0.778. The van der Waals surface area contributed by atoms with Gasteiger partial charge in [0.2, 0.25) is 5.91 Å². The fourth-order valence-corrected chi connectivity index (χ4v) is 5.15. The molecule has 0 spiro atoms. The van der Waals surface area contributed by atoms with Gasteiger partial charge in [-0.2, -0.15) is 5.10 Å². The molecular weight excluding hydrogens is 539 g/mol. The van der Waals surface area contributed by atoms with Crippen molar-refractivity contribution in [1.29, 1.82) is 0 Å². The molecule has 37 heavy (non-hydrogen) atoms. The Morgan fingerprint density at radius 3 is 2.68 bits per heavy atom. The maximum atomic E-state index is 13.7. The van der Waals surface area contributed by atoms with Crippen molar-refractivity contribution in [2.24, 2.45) is 0 Å². The van der Waals surface area contributed by atoms with Crippen LogP contribution < -0.4 is 5.32 Å². The van der Waals surface area contributed by atoms with Crippen LogP contribution in [0.3, 0.4) is 0 Å². The molecule has 2 aliphatic rings. The lowest BCUT2D eigenvalue weighted by molar-refractivity contribution is -0.115. The van der Waals surface area contributed by atoms with Crippen LogP contribution in [0.1, 0.15) is 22.9 Å². The van der Waals surface area contributed by atoms with Crippen LogP contribution in [0.15, 0.2) is 77.4 Å². The van der Waals surface area contributed by atoms with Gasteiger partial charge in [0.25, 0.3) is 0 Å². The topological polar surface area (TPSA) is 79.6 Å². The molecule has 2 aliphatic heterocycles. The second-order valence-electron chi connectivity index (χ2n) is 9.23. The highest BCUT2D eigenvalue weighted by Gasteiger charge is 2.37. The van der Waals surface area contributed by atoms with Crippen LogP contribution in [0.25, 0.3) is 16.9 Å². The van der Waals surface area contributed by atoms with E-state index in [2.05, 4.69) is 21.2 Å². The smallest absolute Gasteiger partial charge is 0.228 e. The highest BCUT2D eigenvalue weighted by molar-refractivity contribution is 9.10. The van der Waals surface area contributed by atoms with Crippen LogP contribution in [-0.2, 0) is 22.4 Å². The predicted molar refractivity (Wildman–Crippen MR) is 141 cm³/mol. The number of benzene rings is 3. The first-order valence-electron chi connectivity index (χ1n) is 12.0. The number of fused-ring (bicyclic) bond motifs is 1. The number of aliphatic hydroxyl groups excluding tert-OH is 1. The van der Waals surface area contributed by atoms with Crippen molar-refractivity contribution in [2.75, 3.05) is 18.5 Å². The molecule has 4 aromatic rings. The van der Waals surface area contributed by atoms with E-state index in [4.69, 9.17) is 9.84 Å². The second kappa shape index (κ2) is 9.83. The van der Waals surface area contributed by atoms with Gasteiger partial charge >= 0.3 is 0 Å². The SMILES string of the molecule is O=C1Cc2cc(CCN3C(O)CO[C@H]3c3cn(-c4ccc(Br)cc4)nc3-c3ccc(F)cc3)ccc2N1. The van der Waals surface area contributed by atoms with E-state index in [-0.39, 0.29) is 18.3 Å². The molecule has 2 N–H and O–H groups in total. The van der Waals surface area contributed by atoms with Gasteiger partial charge in [-0.3, -0.25) is 4.79 Å². The standard InChI is InChI=1S/C28H24BrFN4O3/c29-20-4-8-22(9-5-20)34-15-23(27(32-34)18-2-6-21(30)7-3-18)28-33(26(36)16-37-28)12-11-17-1-10-24-19(13-17)14-25(35)31-24/h1-10,13,15,26,28,36H,11-12,14,16H2,(H,31,35)/t26?,28-/m0/s1. The molecular formula is C28H24BrFN4O3. The monoisotopic (exact) mass is 562 g/mol. The van der Waals surface area contributed by atoms with Crippen molar-refractivity contribution in [1.82, 2.24) is 14.7 Å². The third-order valence-corrected chi connectivity index (χ3v) is 7.29. The van der Waals surface area contributed by atoms with Gasteiger partial charge < -0.3 is 15.2 Å². The van der Waals surface area contributed by atoms with Crippen molar-refractivity contribution < 1.29 is 19.0 Å². The molecule has 2 atom stereocenters. The minimum Gasteiger partial charge on any atom is -0.376 e. The lowest BCUT2D eigenvalue weighted by atomic mass is 10.0. The number of anilines is 1. The average molecular weight is 563 g/mol. The third-order valence-electron chi connectivity index (χ3n) is 6.76. The Labute approximate surface area is 221 Å². The first-order valence-corrected chi connectivity index (χ1v) is 12.8. The summed E-state index contributed by atoms with van der Waals surface area (Å²) in [4.78, 5) is 13.6. The van der Waals surface area contributed by atoms with Crippen LogP contribution in [0.5, 0.6) is 0 Å². The molecule has 1 aromatic heterocycles. The number of hydrogen-bond donors (Lipinski definition) is 2. The van der Waals surface area contributed by atoms with Crippen LogP contribution in [0, 0.1) is 5.82 Å². The van der Waals surface area contributed by atoms with Gasteiger partial charge in [0, 0.05) is 34.0 Å². The van der Waals surface area contributed by atoms with Crippen LogP contribution in [0.2, 0.25) is 0 Å². The zero-order chi connectivity index (χ0) is 25.5. The van der Waals surface area contributed by atoms with E-state index in [9.17, 15) is 14.3 Å². The molecule has 1 unspecified atom stereocenters. The molecule has 1 saturated heterocycles. The van der Waals surface area contributed by atoms with E-state index >= 15 is 0 Å². The molecule has 0 saturated carbocycles. The number of amides is 1. The summed E-state index contributed by atoms with van der Waals surface area (Å²) in [6, 6.07) is 20.0. The normalized spacial score (nSPS) is 19.3. The van der Waals surface area contributed by atoms with Gasteiger partial charge in [-0.15, -0.1) is 0 Å². The molecule has 0 radical (unpaired) electrons. The summed E-state index contributed by atoms with van der Waals surface area (Å²) < 4.78 is 22.5. The number of rotatable bonds is 6. The molecule has 9 heteroatoms. The van der Waals surface area contributed by atoms with Gasteiger partial charge in [-0.1, -0.05) is 28.1 Å². The summed E-state index contributed by atoms with van der Waals surface area (Å²) in [6.45, 7) is 0.706. The Kier molecular flexibility index (Phi) is 6.37. The molecule has 3 aromatic carbocycles. The average Bonchev–Trinajstić information content (AvgIpc) is 3.59. The number of hydrogen-bond acceptors (Lipinski definition) is 5. The van der Waals surface area contributed by atoms with Crippen molar-refractivity contribution in [3.05, 3.63) is 99.9 Å². The summed E-state index contributed by atoms with van der Waals surface area (Å²) in [5.74, 6) is -0.315. The highest BCUT2D eigenvalue weighted by Crippen LogP contribution is 2.37. The molecule has 0 aliphatic carbocycles. The minimum absolute atomic E-state index is 0.00619. The van der Waals surface area contributed by atoms with Crippen molar-refractivity contribution in [3.8, 4) is 16.9 Å². The van der Waals surface area contributed by atoms with E-state index in [0.717, 1.165) is 38.1 Å². The number of nitrogens with zero attached hydrogens (tertiary/aromatic N) is 3. The van der Waals surface area contributed by atoms with Gasteiger partial charge in [0.15, 0.2) is 0 Å². The number of carbonyl (C=O) groups is 1. The van der Waals surface area contributed by atoms with E-state index in [1.807, 2.05) is 53.6 Å². The van der Waals surface area contributed by atoms with Crippen molar-refractivity contribution in [3.63, 3.8) is 0 Å². The number of nitrogens with one attached hydrogen (secondary N) is 1. The Hall–Kier alpha value is -3.37. The van der Waals surface area contributed by atoms with Gasteiger partial charge in [-0.25, -0.2) is 14.0 Å². The molecule has 1 fully saturated rings. The van der Waals surface area contributed by atoms with Gasteiger partial charge in [0.1, 0.15) is 18.3 Å². The maximum absolute atomic E-state index is 13.7. The maximum Gasteiger partial charge on any atom is 0.228 e. The molecule has 1 amide bonds. The molecule has 7 nitrogen and oxygen atoms in total. The van der Waals surface area contributed by atoms with Crippen molar-refractivity contribution >= 4 is 27.5 Å². The van der Waals surface area contributed by atoms with Gasteiger partial charge in [0.05, 0.1) is 24.4 Å².